The van der Waals surface area contributed by atoms with Crippen LogP contribution in [-0.4, -0.2) is 36.1 Å². The van der Waals surface area contributed by atoms with E-state index in [1.165, 1.54) is 0 Å². The van der Waals surface area contributed by atoms with Crippen LogP contribution in [0, 0.1) is 16.0 Å². The largest absolute Gasteiger partial charge is 0.393 e. The van der Waals surface area contributed by atoms with Crippen LogP contribution in [0.5, 0.6) is 0 Å². The van der Waals surface area contributed by atoms with Gasteiger partial charge in [-0.05, 0) is 41.2 Å². The van der Waals surface area contributed by atoms with Gasteiger partial charge >= 0.3 is 5.82 Å². The maximum Gasteiger partial charge on any atom is 0.363 e. The average molecular weight is 315 g/mol. The molecule has 0 aliphatic heterocycles. The highest BCUT2D eigenvalue weighted by atomic mass is 32.2. The summed E-state index contributed by atoms with van der Waals surface area (Å²) in [4.78, 5) is 13.2. The van der Waals surface area contributed by atoms with Gasteiger partial charge in [0.05, 0.1) is 6.10 Å². The third-order valence-corrected chi connectivity index (χ3v) is 4.94. The van der Waals surface area contributed by atoms with Crippen LogP contribution in [0.1, 0.15) is 25.7 Å². The van der Waals surface area contributed by atoms with Crippen molar-refractivity contribution in [2.24, 2.45) is 5.92 Å². The normalized spacial score (nSPS) is 22.9. The summed E-state index contributed by atoms with van der Waals surface area (Å²) in [5, 5.41) is 20.0. The molecule has 9 heteroatoms. The molecule has 2 rings (SSSR count). The first-order valence-electron chi connectivity index (χ1n) is 6.66. The first-order valence-corrected chi connectivity index (χ1v) is 8.15. The second kappa shape index (κ2) is 6.46. The number of nitrogens with zero attached hydrogens (tertiary/aromatic N) is 2. The minimum Gasteiger partial charge on any atom is -0.393 e. The van der Waals surface area contributed by atoms with Crippen LogP contribution < -0.4 is 4.72 Å². The lowest BCUT2D eigenvalue weighted by Crippen LogP contribution is -2.33. The third kappa shape index (κ3) is 4.19. The fraction of sp³-hybridized carbons (Fsp3) is 0.583. The van der Waals surface area contributed by atoms with Crippen LogP contribution >= 0.6 is 0 Å². The standard InChI is InChI=1S/C12H17N3O5S/c16-10-3-1-2-9(6-10)7-14-21(19,20)11-4-5-12(13-8-11)15(17)18/h4-5,8-10,14,16H,1-3,6-7H2. The molecular weight excluding hydrogens is 298 g/mol. The maximum absolute atomic E-state index is 12.1. The van der Waals surface area contributed by atoms with Crippen molar-refractivity contribution in [1.82, 2.24) is 9.71 Å². The van der Waals surface area contributed by atoms with Crippen LogP contribution in [0.15, 0.2) is 23.2 Å². The fourth-order valence-electron chi connectivity index (χ4n) is 2.40. The van der Waals surface area contributed by atoms with Gasteiger partial charge in [0.15, 0.2) is 6.20 Å². The topological polar surface area (TPSA) is 122 Å². The molecule has 2 N–H and O–H groups in total. The molecule has 2 unspecified atom stereocenters. The summed E-state index contributed by atoms with van der Waals surface area (Å²) in [6, 6.07) is 2.21. The zero-order valence-electron chi connectivity index (χ0n) is 11.3. The van der Waals surface area contributed by atoms with E-state index in [1.807, 2.05) is 0 Å². The lowest BCUT2D eigenvalue weighted by atomic mass is 9.87. The third-order valence-electron chi connectivity index (χ3n) is 3.54. The summed E-state index contributed by atoms with van der Waals surface area (Å²) < 4.78 is 26.6. The first-order chi connectivity index (χ1) is 9.88. The van der Waals surface area contributed by atoms with Gasteiger partial charge in [0.25, 0.3) is 0 Å². The molecule has 8 nitrogen and oxygen atoms in total. The van der Waals surface area contributed by atoms with Crippen molar-refractivity contribution in [2.75, 3.05) is 6.54 Å². The number of pyridine rings is 1. The summed E-state index contributed by atoms with van der Waals surface area (Å²) in [7, 11) is -3.74. The Morgan fingerprint density at radius 3 is 2.76 bits per heavy atom. The summed E-state index contributed by atoms with van der Waals surface area (Å²) >= 11 is 0. The highest BCUT2D eigenvalue weighted by molar-refractivity contribution is 7.89. The quantitative estimate of drug-likeness (QED) is 0.612. The Hall–Kier alpha value is -1.58. The zero-order valence-corrected chi connectivity index (χ0v) is 12.1. The summed E-state index contributed by atoms with van der Waals surface area (Å²) in [6.45, 7) is 0.246. The molecule has 1 aliphatic rings. The first kappa shape index (κ1) is 15.8. The number of hydrogen-bond donors (Lipinski definition) is 2. The van der Waals surface area contributed by atoms with Gasteiger partial charge in [-0.25, -0.2) is 13.1 Å². The molecule has 0 spiro atoms. The van der Waals surface area contributed by atoms with E-state index in [1.54, 1.807) is 0 Å². The lowest BCUT2D eigenvalue weighted by Gasteiger charge is -2.25. The van der Waals surface area contributed by atoms with Crippen LogP contribution in [0.3, 0.4) is 0 Å². The molecule has 0 saturated heterocycles. The molecule has 21 heavy (non-hydrogen) atoms. The van der Waals surface area contributed by atoms with Crippen LogP contribution in [-0.2, 0) is 10.0 Å². The molecule has 1 heterocycles. The van der Waals surface area contributed by atoms with Crippen LogP contribution in [0.4, 0.5) is 5.82 Å². The number of aromatic nitrogens is 1. The van der Waals surface area contributed by atoms with Crippen molar-refractivity contribution in [3.8, 4) is 0 Å². The van der Waals surface area contributed by atoms with E-state index in [0.717, 1.165) is 37.6 Å². The van der Waals surface area contributed by atoms with Gasteiger partial charge in [-0.1, -0.05) is 6.42 Å². The Kier molecular flexibility index (Phi) is 4.86. The van der Waals surface area contributed by atoms with E-state index >= 15 is 0 Å². The molecule has 0 bridgehead atoms. The van der Waals surface area contributed by atoms with E-state index in [9.17, 15) is 23.6 Å². The summed E-state index contributed by atoms with van der Waals surface area (Å²) in [5.74, 6) is -0.293. The molecule has 0 amide bonds. The van der Waals surface area contributed by atoms with E-state index in [2.05, 4.69) is 9.71 Å². The van der Waals surface area contributed by atoms with Gasteiger partial charge in [-0.3, -0.25) is 0 Å². The summed E-state index contributed by atoms with van der Waals surface area (Å²) in [5.41, 5.74) is 0. The molecule has 1 aromatic rings. The highest BCUT2D eigenvalue weighted by Gasteiger charge is 2.23. The van der Waals surface area contributed by atoms with Crippen molar-refractivity contribution >= 4 is 15.8 Å². The molecule has 1 fully saturated rings. The Morgan fingerprint density at radius 2 is 2.19 bits per heavy atom. The Bertz CT molecular complexity index is 602. The molecule has 116 valence electrons. The van der Waals surface area contributed by atoms with Gasteiger partial charge in [-0.2, -0.15) is 0 Å². The van der Waals surface area contributed by atoms with Crippen molar-refractivity contribution < 1.29 is 18.4 Å². The van der Waals surface area contributed by atoms with Crippen molar-refractivity contribution in [3.05, 3.63) is 28.4 Å². The summed E-state index contributed by atoms with van der Waals surface area (Å²) in [6.07, 6.45) is 3.70. The van der Waals surface area contributed by atoms with Gasteiger partial charge in [0, 0.05) is 12.6 Å². The Balaban J connectivity index is 1.99. The smallest absolute Gasteiger partial charge is 0.363 e. The van der Waals surface area contributed by atoms with Crippen molar-refractivity contribution in [1.29, 1.82) is 0 Å². The minimum atomic E-state index is -3.74. The Labute approximate surface area is 122 Å². The number of aliphatic hydroxyl groups excluding tert-OH is 1. The van der Waals surface area contributed by atoms with Crippen LogP contribution in [0.25, 0.3) is 0 Å². The SMILES string of the molecule is O=[N+]([O-])c1ccc(S(=O)(=O)NCC2CCCC(O)C2)cn1. The molecule has 2 atom stereocenters. The van der Waals surface area contributed by atoms with Crippen molar-refractivity contribution in [2.45, 2.75) is 36.7 Å². The van der Waals surface area contributed by atoms with Gasteiger partial charge < -0.3 is 15.2 Å². The molecule has 0 aromatic carbocycles. The monoisotopic (exact) mass is 315 g/mol. The van der Waals surface area contributed by atoms with Crippen LogP contribution in [0.2, 0.25) is 0 Å². The molecule has 0 radical (unpaired) electrons. The van der Waals surface area contributed by atoms with E-state index < -0.39 is 20.8 Å². The van der Waals surface area contributed by atoms with Gasteiger partial charge in [0.1, 0.15) is 4.90 Å². The number of hydrogen-bond acceptors (Lipinski definition) is 6. The average Bonchev–Trinajstić information content (AvgIpc) is 2.45. The Morgan fingerprint density at radius 1 is 1.43 bits per heavy atom. The molecule has 1 saturated carbocycles. The predicted molar refractivity (Wildman–Crippen MR) is 74.0 cm³/mol. The maximum atomic E-state index is 12.1. The fourth-order valence-corrected chi connectivity index (χ4v) is 3.46. The number of nitro groups is 1. The number of nitrogens with one attached hydrogen (secondary N) is 1. The minimum absolute atomic E-state index is 0.106. The molecule has 1 aliphatic carbocycles. The highest BCUT2D eigenvalue weighted by Crippen LogP contribution is 2.24. The lowest BCUT2D eigenvalue weighted by molar-refractivity contribution is -0.389. The number of rotatable bonds is 5. The second-order valence-corrected chi connectivity index (χ2v) is 6.91. The van der Waals surface area contributed by atoms with E-state index in [4.69, 9.17) is 0 Å². The van der Waals surface area contributed by atoms with E-state index in [0.29, 0.717) is 6.42 Å². The second-order valence-electron chi connectivity index (χ2n) is 5.15. The number of sulfonamides is 1. The predicted octanol–water partition coefficient (Wildman–Crippen LogP) is 0.819. The zero-order chi connectivity index (χ0) is 15.5. The van der Waals surface area contributed by atoms with Gasteiger partial charge in [-0.15, -0.1) is 0 Å². The van der Waals surface area contributed by atoms with Gasteiger partial charge in [0.2, 0.25) is 10.0 Å². The number of aliphatic hydroxyl groups is 1. The van der Waals surface area contributed by atoms with Crippen molar-refractivity contribution in [3.63, 3.8) is 0 Å². The molecular formula is C12H17N3O5S. The molecule has 1 aromatic heterocycles. The van der Waals surface area contributed by atoms with E-state index in [-0.39, 0.29) is 23.5 Å².